The Kier molecular flexibility index (Phi) is 4.65. The van der Waals surface area contributed by atoms with Crippen LogP contribution in [0.25, 0.3) is 16.9 Å². The fourth-order valence-electron chi connectivity index (χ4n) is 2.45. The molecular formula is C20H22N4O. The van der Waals surface area contributed by atoms with Crippen LogP contribution in [0.5, 0.6) is 0 Å². The third-order valence-electron chi connectivity index (χ3n) is 3.89. The molecule has 1 amide bonds. The number of rotatable bonds is 4. The van der Waals surface area contributed by atoms with Crippen LogP contribution in [-0.2, 0) is 11.3 Å². The van der Waals surface area contributed by atoms with Gasteiger partial charge in [0.05, 0.1) is 11.4 Å². The topological polar surface area (TPSA) is 59.8 Å². The van der Waals surface area contributed by atoms with Gasteiger partial charge in [-0.05, 0) is 24.3 Å². The summed E-state index contributed by atoms with van der Waals surface area (Å²) >= 11 is 0. The maximum absolute atomic E-state index is 12.2. The molecular weight excluding hydrogens is 312 g/mol. The lowest BCUT2D eigenvalue weighted by molar-refractivity contribution is -0.128. The third kappa shape index (κ3) is 3.94. The first-order valence-electron chi connectivity index (χ1n) is 8.28. The van der Waals surface area contributed by atoms with E-state index in [-0.39, 0.29) is 5.91 Å². The number of carbonyl (C=O) groups is 1. The number of benzene rings is 1. The quantitative estimate of drug-likeness (QED) is 0.793. The molecule has 0 aliphatic rings. The van der Waals surface area contributed by atoms with Crippen LogP contribution in [-0.4, -0.2) is 20.7 Å². The number of carbonyl (C=O) groups excluding carboxylic acids is 1. The van der Waals surface area contributed by atoms with Crippen molar-refractivity contribution in [1.29, 1.82) is 0 Å². The van der Waals surface area contributed by atoms with Crippen LogP contribution in [0.3, 0.4) is 0 Å². The molecule has 3 aromatic rings. The Labute approximate surface area is 147 Å². The van der Waals surface area contributed by atoms with Crippen molar-refractivity contribution in [3.8, 4) is 16.9 Å². The average Bonchev–Trinajstić information content (AvgIpc) is 3.04. The Morgan fingerprint density at radius 1 is 1.08 bits per heavy atom. The summed E-state index contributed by atoms with van der Waals surface area (Å²) in [7, 11) is 0. The van der Waals surface area contributed by atoms with Crippen LogP contribution in [0.4, 0.5) is 0 Å². The van der Waals surface area contributed by atoms with Crippen molar-refractivity contribution in [3.63, 3.8) is 0 Å². The van der Waals surface area contributed by atoms with Crippen molar-refractivity contribution in [2.75, 3.05) is 0 Å². The van der Waals surface area contributed by atoms with Gasteiger partial charge < -0.3 is 5.32 Å². The molecule has 3 rings (SSSR count). The second-order valence-electron chi connectivity index (χ2n) is 6.95. The molecule has 0 radical (unpaired) electrons. The molecule has 2 heterocycles. The standard InChI is InChI=1S/C20H22N4O/c1-20(2,3)19(25)22-13-16-14-24(17-7-5-4-6-8-17)23-18(16)15-9-11-21-12-10-15/h4-12,14H,13H2,1-3H3,(H,22,25). The van der Waals surface area contributed by atoms with Crippen LogP contribution in [0, 0.1) is 5.41 Å². The minimum atomic E-state index is -0.424. The number of aromatic nitrogens is 3. The second-order valence-corrected chi connectivity index (χ2v) is 6.95. The first-order valence-corrected chi connectivity index (χ1v) is 8.28. The maximum Gasteiger partial charge on any atom is 0.225 e. The summed E-state index contributed by atoms with van der Waals surface area (Å²) in [6.07, 6.45) is 5.46. The van der Waals surface area contributed by atoms with E-state index in [1.165, 1.54) is 0 Å². The molecule has 0 saturated heterocycles. The van der Waals surface area contributed by atoms with Gasteiger partial charge in [-0.15, -0.1) is 0 Å². The zero-order valence-electron chi connectivity index (χ0n) is 14.7. The zero-order valence-corrected chi connectivity index (χ0v) is 14.7. The largest absolute Gasteiger partial charge is 0.351 e. The number of amides is 1. The van der Waals surface area contributed by atoms with Crippen LogP contribution in [0.1, 0.15) is 26.3 Å². The first-order chi connectivity index (χ1) is 11.9. The van der Waals surface area contributed by atoms with Gasteiger partial charge in [0.25, 0.3) is 0 Å². The predicted molar refractivity (Wildman–Crippen MR) is 98.1 cm³/mol. The number of hydrogen-bond acceptors (Lipinski definition) is 3. The SMILES string of the molecule is CC(C)(C)C(=O)NCc1cn(-c2ccccc2)nc1-c1ccncc1. The molecule has 0 fully saturated rings. The van der Waals surface area contributed by atoms with Gasteiger partial charge in [0, 0.05) is 41.7 Å². The van der Waals surface area contributed by atoms with Crippen molar-refractivity contribution in [3.05, 3.63) is 66.6 Å². The number of para-hydroxylation sites is 1. The Morgan fingerprint density at radius 2 is 1.76 bits per heavy atom. The molecule has 1 aromatic carbocycles. The highest BCUT2D eigenvalue weighted by atomic mass is 16.2. The smallest absolute Gasteiger partial charge is 0.225 e. The highest BCUT2D eigenvalue weighted by molar-refractivity contribution is 5.81. The summed E-state index contributed by atoms with van der Waals surface area (Å²) in [4.78, 5) is 16.3. The summed E-state index contributed by atoms with van der Waals surface area (Å²) in [6.45, 7) is 6.14. The van der Waals surface area contributed by atoms with E-state index in [1.54, 1.807) is 12.4 Å². The Hall–Kier alpha value is -2.95. The molecule has 2 aromatic heterocycles. The van der Waals surface area contributed by atoms with Crippen molar-refractivity contribution in [1.82, 2.24) is 20.1 Å². The molecule has 0 aliphatic carbocycles. The molecule has 0 spiro atoms. The van der Waals surface area contributed by atoms with Crippen molar-refractivity contribution >= 4 is 5.91 Å². The Morgan fingerprint density at radius 3 is 2.40 bits per heavy atom. The maximum atomic E-state index is 12.2. The van der Waals surface area contributed by atoms with E-state index in [1.807, 2.05) is 74.1 Å². The number of nitrogens with one attached hydrogen (secondary N) is 1. The fourth-order valence-corrected chi connectivity index (χ4v) is 2.45. The van der Waals surface area contributed by atoms with Gasteiger partial charge in [-0.3, -0.25) is 9.78 Å². The van der Waals surface area contributed by atoms with Gasteiger partial charge in [0.1, 0.15) is 0 Å². The van der Waals surface area contributed by atoms with E-state index in [4.69, 9.17) is 5.10 Å². The van der Waals surface area contributed by atoms with Crippen LogP contribution < -0.4 is 5.32 Å². The second kappa shape index (κ2) is 6.89. The van der Waals surface area contributed by atoms with E-state index >= 15 is 0 Å². The molecule has 0 bridgehead atoms. The highest BCUT2D eigenvalue weighted by Gasteiger charge is 2.21. The number of hydrogen-bond donors (Lipinski definition) is 1. The lowest BCUT2D eigenvalue weighted by Gasteiger charge is -2.17. The minimum absolute atomic E-state index is 0.0145. The van der Waals surface area contributed by atoms with Crippen molar-refractivity contribution < 1.29 is 4.79 Å². The molecule has 5 nitrogen and oxygen atoms in total. The van der Waals surface area contributed by atoms with Crippen LogP contribution in [0.15, 0.2) is 61.1 Å². The van der Waals surface area contributed by atoms with Crippen molar-refractivity contribution in [2.45, 2.75) is 27.3 Å². The van der Waals surface area contributed by atoms with E-state index in [2.05, 4.69) is 10.3 Å². The van der Waals surface area contributed by atoms with E-state index in [0.29, 0.717) is 6.54 Å². The Balaban J connectivity index is 1.95. The van der Waals surface area contributed by atoms with Crippen LogP contribution >= 0.6 is 0 Å². The van der Waals surface area contributed by atoms with Crippen molar-refractivity contribution in [2.24, 2.45) is 5.41 Å². The lowest BCUT2D eigenvalue weighted by atomic mass is 9.95. The molecule has 1 N–H and O–H groups in total. The number of nitrogens with zero attached hydrogens (tertiary/aromatic N) is 3. The monoisotopic (exact) mass is 334 g/mol. The summed E-state index contributed by atoms with van der Waals surface area (Å²) in [6, 6.07) is 13.8. The van der Waals surface area contributed by atoms with Gasteiger partial charge in [0.15, 0.2) is 0 Å². The zero-order chi connectivity index (χ0) is 17.9. The van der Waals surface area contributed by atoms with E-state index in [9.17, 15) is 4.79 Å². The fraction of sp³-hybridized carbons (Fsp3) is 0.250. The van der Waals surface area contributed by atoms with Gasteiger partial charge in [-0.1, -0.05) is 39.0 Å². The first kappa shape index (κ1) is 16.9. The Bertz CT molecular complexity index is 848. The van der Waals surface area contributed by atoms with Gasteiger partial charge in [-0.25, -0.2) is 4.68 Å². The third-order valence-corrected chi connectivity index (χ3v) is 3.89. The molecule has 25 heavy (non-hydrogen) atoms. The molecule has 5 heteroatoms. The summed E-state index contributed by atoms with van der Waals surface area (Å²) in [5.41, 5.74) is 3.34. The minimum Gasteiger partial charge on any atom is -0.351 e. The lowest BCUT2D eigenvalue weighted by Crippen LogP contribution is -2.34. The van der Waals surface area contributed by atoms with E-state index < -0.39 is 5.41 Å². The number of pyridine rings is 1. The summed E-state index contributed by atoms with van der Waals surface area (Å²) in [5.74, 6) is 0.0145. The molecule has 0 aliphatic heterocycles. The van der Waals surface area contributed by atoms with Crippen LogP contribution in [0.2, 0.25) is 0 Å². The highest BCUT2D eigenvalue weighted by Crippen LogP contribution is 2.23. The molecule has 0 saturated carbocycles. The average molecular weight is 334 g/mol. The predicted octanol–water partition coefficient (Wildman–Crippen LogP) is 3.60. The van der Waals surface area contributed by atoms with Gasteiger partial charge in [-0.2, -0.15) is 5.10 Å². The van der Waals surface area contributed by atoms with Gasteiger partial charge >= 0.3 is 0 Å². The molecule has 0 atom stereocenters. The van der Waals surface area contributed by atoms with E-state index in [0.717, 1.165) is 22.5 Å². The normalized spacial score (nSPS) is 11.3. The molecule has 0 unspecified atom stereocenters. The molecule has 128 valence electrons. The van der Waals surface area contributed by atoms with Gasteiger partial charge in [0.2, 0.25) is 5.91 Å². The summed E-state index contributed by atoms with van der Waals surface area (Å²) in [5, 5.41) is 7.73. The summed E-state index contributed by atoms with van der Waals surface area (Å²) < 4.78 is 1.84.